The molecule has 4 rings (SSSR count). The molecule has 1 saturated heterocycles. The molecule has 0 aliphatic carbocycles. The molecule has 0 saturated carbocycles. The van der Waals surface area contributed by atoms with Crippen molar-refractivity contribution in [3.63, 3.8) is 0 Å². The summed E-state index contributed by atoms with van der Waals surface area (Å²) in [5.41, 5.74) is 0.344. The van der Waals surface area contributed by atoms with Crippen LogP contribution in [0, 0.1) is 0 Å². The summed E-state index contributed by atoms with van der Waals surface area (Å²) >= 11 is 0. The molecule has 1 aliphatic rings. The number of hydrogen-bond donors (Lipinski definition) is 0. The minimum atomic E-state index is -1.13. The molecule has 0 radical (unpaired) electrons. The Labute approximate surface area is 147 Å². The van der Waals surface area contributed by atoms with Gasteiger partial charge in [0.15, 0.2) is 11.4 Å². The van der Waals surface area contributed by atoms with Gasteiger partial charge in [-0.15, -0.1) is 0 Å². The van der Waals surface area contributed by atoms with Crippen molar-refractivity contribution in [1.29, 1.82) is 0 Å². The summed E-state index contributed by atoms with van der Waals surface area (Å²) in [7, 11) is 0. The second-order valence-electron chi connectivity index (χ2n) is 6.84. The molecule has 0 amide bonds. The second-order valence-corrected chi connectivity index (χ2v) is 6.84. The lowest BCUT2D eigenvalue weighted by Crippen LogP contribution is -2.40. The first-order chi connectivity index (χ1) is 12.0. The second kappa shape index (κ2) is 5.80. The van der Waals surface area contributed by atoms with Crippen molar-refractivity contribution >= 4 is 16.6 Å². The van der Waals surface area contributed by atoms with Crippen LogP contribution in [0.25, 0.3) is 10.8 Å². The molecule has 0 aromatic heterocycles. The SMILES string of the molecule is CC1(C)OCC(C(=O)c2cccc3ccccc23)(c2ccccc2)O1. The number of Topliss-reactive ketones (excluding diaryl/α,β-unsaturated/α-hetero) is 1. The molecule has 3 aromatic carbocycles. The van der Waals surface area contributed by atoms with Crippen molar-refractivity contribution in [2.45, 2.75) is 25.2 Å². The van der Waals surface area contributed by atoms with Crippen LogP contribution in [-0.2, 0) is 15.1 Å². The van der Waals surface area contributed by atoms with Gasteiger partial charge in [0.05, 0.1) is 6.61 Å². The monoisotopic (exact) mass is 332 g/mol. The molecule has 3 nitrogen and oxygen atoms in total. The fourth-order valence-corrected chi connectivity index (χ4v) is 3.49. The third-order valence-electron chi connectivity index (χ3n) is 4.68. The summed E-state index contributed by atoms with van der Waals surface area (Å²) in [5.74, 6) is -0.878. The third kappa shape index (κ3) is 2.66. The maximum Gasteiger partial charge on any atom is 0.202 e. The van der Waals surface area contributed by atoms with Crippen LogP contribution in [0.4, 0.5) is 0 Å². The van der Waals surface area contributed by atoms with E-state index in [9.17, 15) is 4.79 Å². The van der Waals surface area contributed by atoms with Gasteiger partial charge in [0.2, 0.25) is 5.78 Å². The van der Waals surface area contributed by atoms with Gasteiger partial charge >= 0.3 is 0 Å². The van der Waals surface area contributed by atoms with Crippen molar-refractivity contribution in [2.24, 2.45) is 0 Å². The lowest BCUT2D eigenvalue weighted by molar-refractivity contribution is -0.153. The maximum atomic E-state index is 13.7. The number of carbonyl (C=O) groups excluding carboxylic acids is 1. The average Bonchev–Trinajstić information content (AvgIpc) is 2.98. The van der Waals surface area contributed by atoms with E-state index in [-0.39, 0.29) is 12.4 Å². The molecule has 3 heteroatoms. The highest BCUT2D eigenvalue weighted by atomic mass is 16.8. The third-order valence-corrected chi connectivity index (χ3v) is 4.68. The first kappa shape index (κ1) is 16.0. The highest BCUT2D eigenvalue weighted by Gasteiger charge is 2.52. The van der Waals surface area contributed by atoms with Crippen LogP contribution in [0.2, 0.25) is 0 Å². The molecule has 1 heterocycles. The number of ether oxygens (including phenoxy) is 2. The average molecular weight is 332 g/mol. The molecule has 1 fully saturated rings. The number of benzene rings is 3. The Morgan fingerprint density at radius 3 is 2.28 bits per heavy atom. The summed E-state index contributed by atoms with van der Waals surface area (Å²) in [4.78, 5) is 13.7. The van der Waals surface area contributed by atoms with E-state index in [1.807, 2.05) is 86.6 Å². The van der Waals surface area contributed by atoms with Gasteiger partial charge in [-0.2, -0.15) is 0 Å². The van der Waals surface area contributed by atoms with E-state index in [0.717, 1.165) is 16.3 Å². The van der Waals surface area contributed by atoms with Crippen molar-refractivity contribution in [3.8, 4) is 0 Å². The molecule has 0 bridgehead atoms. The predicted octanol–water partition coefficient (Wildman–Crippen LogP) is 4.70. The largest absolute Gasteiger partial charge is 0.347 e. The Morgan fingerprint density at radius 1 is 0.880 bits per heavy atom. The summed E-state index contributed by atoms with van der Waals surface area (Å²) < 4.78 is 12.0. The van der Waals surface area contributed by atoms with Crippen LogP contribution in [-0.4, -0.2) is 18.2 Å². The number of rotatable bonds is 3. The Morgan fingerprint density at radius 2 is 1.56 bits per heavy atom. The Kier molecular flexibility index (Phi) is 3.71. The summed E-state index contributed by atoms with van der Waals surface area (Å²) in [6.45, 7) is 3.88. The van der Waals surface area contributed by atoms with Gasteiger partial charge in [-0.1, -0.05) is 72.8 Å². The Hall–Kier alpha value is -2.49. The van der Waals surface area contributed by atoms with Gasteiger partial charge in [-0.25, -0.2) is 0 Å². The van der Waals surface area contributed by atoms with Crippen molar-refractivity contribution in [3.05, 3.63) is 83.9 Å². The maximum absolute atomic E-state index is 13.7. The van der Waals surface area contributed by atoms with E-state index < -0.39 is 11.4 Å². The molecular weight excluding hydrogens is 312 g/mol. The van der Waals surface area contributed by atoms with E-state index in [1.54, 1.807) is 0 Å². The molecule has 25 heavy (non-hydrogen) atoms. The number of ketones is 1. The van der Waals surface area contributed by atoms with Crippen molar-refractivity contribution < 1.29 is 14.3 Å². The van der Waals surface area contributed by atoms with Crippen LogP contribution < -0.4 is 0 Å². The van der Waals surface area contributed by atoms with Crippen LogP contribution in [0.1, 0.15) is 29.8 Å². The topological polar surface area (TPSA) is 35.5 Å². The van der Waals surface area contributed by atoms with Gasteiger partial charge in [-0.3, -0.25) is 4.79 Å². The van der Waals surface area contributed by atoms with Gasteiger partial charge in [0.25, 0.3) is 0 Å². The minimum Gasteiger partial charge on any atom is -0.347 e. The lowest BCUT2D eigenvalue weighted by atomic mass is 9.85. The first-order valence-electron chi connectivity index (χ1n) is 8.44. The molecule has 1 unspecified atom stereocenters. The molecule has 126 valence electrons. The smallest absolute Gasteiger partial charge is 0.202 e. The molecule has 0 N–H and O–H groups in total. The fraction of sp³-hybridized carbons (Fsp3) is 0.227. The predicted molar refractivity (Wildman–Crippen MR) is 97.5 cm³/mol. The highest BCUT2D eigenvalue weighted by molar-refractivity contribution is 6.12. The van der Waals surface area contributed by atoms with Gasteiger partial charge < -0.3 is 9.47 Å². The van der Waals surface area contributed by atoms with E-state index in [0.29, 0.717) is 5.56 Å². The standard InChI is InChI=1S/C22H20O3/c1-21(2)24-15-22(25-21,17-11-4-3-5-12-17)20(23)19-14-8-10-16-9-6-7-13-18(16)19/h3-14H,15H2,1-2H3. The first-order valence-corrected chi connectivity index (χ1v) is 8.44. The molecular formula is C22H20O3. The number of fused-ring (bicyclic) bond motifs is 1. The van der Waals surface area contributed by atoms with Gasteiger partial charge in [0.1, 0.15) is 0 Å². The number of hydrogen-bond acceptors (Lipinski definition) is 3. The van der Waals surface area contributed by atoms with Crippen molar-refractivity contribution in [2.75, 3.05) is 6.61 Å². The summed E-state index contributed by atoms with van der Waals surface area (Å²) in [5, 5.41) is 1.97. The fourth-order valence-electron chi connectivity index (χ4n) is 3.49. The van der Waals surface area contributed by atoms with Gasteiger partial charge in [-0.05, 0) is 30.2 Å². The zero-order valence-electron chi connectivity index (χ0n) is 14.4. The van der Waals surface area contributed by atoms with E-state index >= 15 is 0 Å². The molecule has 1 atom stereocenters. The summed E-state index contributed by atoms with van der Waals surface area (Å²) in [6.07, 6.45) is 0. The number of carbonyl (C=O) groups is 1. The van der Waals surface area contributed by atoms with E-state index in [4.69, 9.17) is 9.47 Å². The summed E-state index contributed by atoms with van der Waals surface area (Å²) in [6, 6.07) is 23.3. The Balaban J connectivity index is 1.90. The lowest BCUT2D eigenvalue weighted by Gasteiger charge is -2.29. The van der Waals surface area contributed by atoms with Crippen LogP contribution in [0.3, 0.4) is 0 Å². The normalized spacial score (nSPS) is 22.2. The molecule has 1 aliphatic heterocycles. The van der Waals surface area contributed by atoms with Gasteiger partial charge in [0, 0.05) is 5.56 Å². The van der Waals surface area contributed by atoms with Crippen LogP contribution >= 0.6 is 0 Å². The zero-order chi connectivity index (χ0) is 17.5. The van der Waals surface area contributed by atoms with E-state index in [2.05, 4.69) is 0 Å². The molecule has 3 aromatic rings. The van der Waals surface area contributed by atoms with Crippen LogP contribution in [0.15, 0.2) is 72.8 Å². The minimum absolute atomic E-state index is 0.0684. The zero-order valence-corrected chi connectivity index (χ0v) is 14.4. The van der Waals surface area contributed by atoms with E-state index in [1.165, 1.54) is 0 Å². The van der Waals surface area contributed by atoms with Crippen LogP contribution in [0.5, 0.6) is 0 Å². The Bertz CT molecular complexity index is 925. The van der Waals surface area contributed by atoms with Crippen molar-refractivity contribution in [1.82, 2.24) is 0 Å². The quantitative estimate of drug-likeness (QED) is 0.652. The molecule has 0 spiro atoms. The highest BCUT2D eigenvalue weighted by Crippen LogP contribution is 2.42.